The molecule has 1 saturated heterocycles. The van der Waals surface area contributed by atoms with E-state index in [1.54, 1.807) is 4.90 Å². The molecule has 0 aliphatic carbocycles. The fourth-order valence-corrected chi connectivity index (χ4v) is 3.66. The minimum Gasteiger partial charge on any atom is -0.355 e. The lowest BCUT2D eigenvalue weighted by atomic mass is 10.1. The van der Waals surface area contributed by atoms with Gasteiger partial charge in [0.05, 0.1) is 11.3 Å². The van der Waals surface area contributed by atoms with Crippen molar-refractivity contribution in [2.75, 3.05) is 36.8 Å². The van der Waals surface area contributed by atoms with E-state index in [0.717, 1.165) is 22.6 Å². The molecule has 0 atom stereocenters. The van der Waals surface area contributed by atoms with Gasteiger partial charge in [0.15, 0.2) is 0 Å². The number of carbonyl (C=O) groups excluding carboxylic acids is 2. The quantitative estimate of drug-likeness (QED) is 0.649. The Morgan fingerprint density at radius 2 is 1.39 bits per heavy atom. The van der Waals surface area contributed by atoms with E-state index in [9.17, 15) is 9.59 Å². The summed E-state index contributed by atoms with van der Waals surface area (Å²) in [5, 5.41) is 6.27. The highest BCUT2D eigenvalue weighted by atomic mass is 16.2. The van der Waals surface area contributed by atoms with Gasteiger partial charge in [-0.3, -0.25) is 4.79 Å². The number of carbonyl (C=O) groups is 2. The first-order valence-electron chi connectivity index (χ1n) is 10.4. The summed E-state index contributed by atoms with van der Waals surface area (Å²) in [7, 11) is 0. The van der Waals surface area contributed by atoms with Gasteiger partial charge >= 0.3 is 6.03 Å². The van der Waals surface area contributed by atoms with Crippen LogP contribution in [-0.2, 0) is 0 Å². The molecule has 31 heavy (non-hydrogen) atoms. The Bertz CT molecular complexity index is 1060. The third kappa shape index (κ3) is 5.04. The number of hydrogen-bond donors (Lipinski definition) is 2. The molecule has 158 valence electrons. The smallest absolute Gasteiger partial charge is 0.321 e. The summed E-state index contributed by atoms with van der Waals surface area (Å²) < 4.78 is 0. The second kappa shape index (κ2) is 9.34. The maximum Gasteiger partial charge on any atom is 0.321 e. The highest BCUT2D eigenvalue weighted by Crippen LogP contribution is 2.23. The van der Waals surface area contributed by atoms with Crippen molar-refractivity contribution >= 4 is 29.0 Å². The number of urea groups is 1. The van der Waals surface area contributed by atoms with Crippen molar-refractivity contribution in [1.29, 1.82) is 0 Å². The van der Waals surface area contributed by atoms with Gasteiger partial charge in [0, 0.05) is 37.6 Å². The predicted molar refractivity (Wildman–Crippen MR) is 124 cm³/mol. The average Bonchev–Trinajstić information content (AvgIpc) is 2.80. The summed E-state index contributed by atoms with van der Waals surface area (Å²) in [6.45, 7) is 3.99. The first kappa shape index (κ1) is 20.5. The summed E-state index contributed by atoms with van der Waals surface area (Å²) in [6.07, 6.45) is 0. The molecule has 4 rings (SSSR count). The number of anilines is 3. The van der Waals surface area contributed by atoms with E-state index in [2.05, 4.69) is 10.6 Å². The second-order valence-electron chi connectivity index (χ2n) is 7.62. The summed E-state index contributed by atoms with van der Waals surface area (Å²) >= 11 is 0. The molecule has 0 bridgehead atoms. The van der Waals surface area contributed by atoms with Gasteiger partial charge in [-0.25, -0.2) is 4.79 Å². The molecule has 6 nitrogen and oxygen atoms in total. The summed E-state index contributed by atoms with van der Waals surface area (Å²) in [6, 6.07) is 24.9. The Hall–Kier alpha value is -3.80. The van der Waals surface area contributed by atoms with E-state index in [0.29, 0.717) is 31.7 Å². The normalized spacial score (nSPS) is 13.6. The molecule has 1 heterocycles. The van der Waals surface area contributed by atoms with Crippen LogP contribution < -0.4 is 10.6 Å². The van der Waals surface area contributed by atoms with Crippen LogP contribution >= 0.6 is 0 Å². The topological polar surface area (TPSA) is 64.7 Å². The molecule has 1 aliphatic heterocycles. The third-order valence-corrected chi connectivity index (χ3v) is 5.33. The van der Waals surface area contributed by atoms with Gasteiger partial charge < -0.3 is 20.4 Å². The van der Waals surface area contributed by atoms with E-state index < -0.39 is 0 Å². The van der Waals surface area contributed by atoms with Gasteiger partial charge in [-0.2, -0.15) is 0 Å². The van der Waals surface area contributed by atoms with Crippen molar-refractivity contribution in [2.24, 2.45) is 0 Å². The fourth-order valence-electron chi connectivity index (χ4n) is 3.66. The summed E-state index contributed by atoms with van der Waals surface area (Å²) in [5.74, 6) is -0.0298. The molecule has 0 saturated carbocycles. The van der Waals surface area contributed by atoms with Crippen molar-refractivity contribution in [3.05, 3.63) is 90.0 Å². The highest BCUT2D eigenvalue weighted by Gasteiger charge is 2.26. The predicted octanol–water partition coefficient (Wildman–Crippen LogP) is 4.73. The lowest BCUT2D eigenvalue weighted by Gasteiger charge is -2.35. The van der Waals surface area contributed by atoms with Crippen LogP contribution in [0.15, 0.2) is 78.9 Å². The number of rotatable bonds is 4. The number of nitrogens with one attached hydrogen (secondary N) is 2. The van der Waals surface area contributed by atoms with Crippen molar-refractivity contribution < 1.29 is 9.59 Å². The van der Waals surface area contributed by atoms with Crippen LogP contribution in [0.3, 0.4) is 0 Å². The Morgan fingerprint density at radius 3 is 2.13 bits per heavy atom. The lowest BCUT2D eigenvalue weighted by Crippen LogP contribution is -2.51. The van der Waals surface area contributed by atoms with Crippen LogP contribution in [0.2, 0.25) is 0 Å². The molecule has 0 aromatic heterocycles. The van der Waals surface area contributed by atoms with Crippen molar-refractivity contribution in [1.82, 2.24) is 9.80 Å². The molecule has 2 N–H and O–H groups in total. The number of piperazine rings is 1. The number of para-hydroxylation sites is 2. The number of aryl methyl sites for hydroxylation is 1. The molecule has 3 aromatic carbocycles. The zero-order valence-electron chi connectivity index (χ0n) is 17.5. The molecule has 0 unspecified atom stereocenters. The zero-order valence-corrected chi connectivity index (χ0v) is 17.5. The lowest BCUT2D eigenvalue weighted by molar-refractivity contribution is 0.0672. The minimum atomic E-state index is -0.135. The third-order valence-electron chi connectivity index (χ3n) is 5.33. The number of hydrogen-bond acceptors (Lipinski definition) is 3. The number of nitrogens with zero attached hydrogens (tertiary/aromatic N) is 2. The summed E-state index contributed by atoms with van der Waals surface area (Å²) in [5.41, 5.74) is 4.21. The van der Waals surface area contributed by atoms with Gasteiger partial charge in [-0.1, -0.05) is 42.5 Å². The van der Waals surface area contributed by atoms with Crippen LogP contribution in [0.4, 0.5) is 21.9 Å². The van der Waals surface area contributed by atoms with Gasteiger partial charge in [0.25, 0.3) is 5.91 Å². The Balaban J connectivity index is 1.38. The van der Waals surface area contributed by atoms with E-state index in [1.807, 2.05) is 90.7 Å². The molecular formula is C25H26N4O2. The SMILES string of the molecule is Cc1cccc(NC(=O)N2CCN(C(=O)c3ccccc3Nc3ccccc3)CC2)c1. The van der Waals surface area contributed by atoms with E-state index >= 15 is 0 Å². The minimum absolute atomic E-state index is 0.0298. The van der Waals surface area contributed by atoms with Crippen molar-refractivity contribution in [3.8, 4) is 0 Å². The molecule has 3 amide bonds. The first-order chi connectivity index (χ1) is 15.1. The van der Waals surface area contributed by atoms with E-state index in [-0.39, 0.29) is 11.9 Å². The standard InChI is InChI=1S/C25H26N4O2/c1-19-8-7-11-21(18-19)27-25(31)29-16-14-28(15-17-29)24(30)22-12-5-6-13-23(22)26-20-9-3-2-4-10-20/h2-13,18,26H,14-17H2,1H3,(H,27,31). The molecule has 1 aliphatic rings. The monoisotopic (exact) mass is 414 g/mol. The van der Waals surface area contributed by atoms with Gasteiger partial charge in [0.2, 0.25) is 0 Å². The molecule has 0 radical (unpaired) electrons. The highest BCUT2D eigenvalue weighted by molar-refractivity contribution is 6.00. The largest absolute Gasteiger partial charge is 0.355 e. The van der Waals surface area contributed by atoms with Crippen molar-refractivity contribution in [2.45, 2.75) is 6.92 Å². The molecule has 3 aromatic rings. The van der Waals surface area contributed by atoms with Crippen LogP contribution in [0.25, 0.3) is 0 Å². The van der Waals surface area contributed by atoms with Crippen molar-refractivity contribution in [3.63, 3.8) is 0 Å². The van der Waals surface area contributed by atoms with Gasteiger partial charge in [0.1, 0.15) is 0 Å². The first-order valence-corrected chi connectivity index (χ1v) is 10.4. The van der Waals surface area contributed by atoms with E-state index in [1.165, 1.54) is 0 Å². The van der Waals surface area contributed by atoms with Crippen LogP contribution in [0.5, 0.6) is 0 Å². The average molecular weight is 415 g/mol. The molecule has 1 fully saturated rings. The van der Waals surface area contributed by atoms with Crippen LogP contribution in [0.1, 0.15) is 15.9 Å². The Kier molecular flexibility index (Phi) is 6.17. The molecule has 6 heteroatoms. The van der Waals surface area contributed by atoms with Gasteiger partial charge in [-0.15, -0.1) is 0 Å². The fraction of sp³-hybridized carbons (Fsp3) is 0.200. The maximum absolute atomic E-state index is 13.2. The molecule has 0 spiro atoms. The Labute approximate surface area is 182 Å². The zero-order chi connectivity index (χ0) is 21.6. The second-order valence-corrected chi connectivity index (χ2v) is 7.62. The maximum atomic E-state index is 13.2. The molecular weight excluding hydrogens is 388 g/mol. The Morgan fingerprint density at radius 1 is 0.742 bits per heavy atom. The van der Waals surface area contributed by atoms with E-state index in [4.69, 9.17) is 0 Å². The summed E-state index contributed by atoms with van der Waals surface area (Å²) in [4.78, 5) is 29.3. The van der Waals surface area contributed by atoms with Crippen LogP contribution in [-0.4, -0.2) is 47.9 Å². The van der Waals surface area contributed by atoms with Gasteiger partial charge in [-0.05, 0) is 48.9 Å². The number of amides is 3. The van der Waals surface area contributed by atoms with Crippen LogP contribution in [0, 0.1) is 6.92 Å². The number of benzene rings is 3.